The number of aliphatic hydroxyl groups is 1. The van der Waals surface area contributed by atoms with E-state index < -0.39 is 6.10 Å². The van der Waals surface area contributed by atoms with Crippen LogP contribution in [0.15, 0.2) is 24.3 Å². The molecule has 0 spiro atoms. The summed E-state index contributed by atoms with van der Waals surface area (Å²) in [4.78, 5) is 0. The van der Waals surface area contributed by atoms with E-state index in [2.05, 4.69) is 6.92 Å². The third-order valence-electron chi connectivity index (χ3n) is 3.22. The van der Waals surface area contributed by atoms with Gasteiger partial charge in [0.25, 0.3) is 0 Å². The number of hydrogen-bond donors (Lipinski definition) is 1. The van der Waals surface area contributed by atoms with Crippen LogP contribution in [0.4, 0.5) is 0 Å². The topological polar surface area (TPSA) is 29.5 Å². The molecule has 0 bridgehead atoms. The number of para-hydroxylation sites is 1. The summed E-state index contributed by atoms with van der Waals surface area (Å²) >= 11 is 0. The lowest BCUT2D eigenvalue weighted by Gasteiger charge is -2.18. The molecule has 2 heteroatoms. The second-order valence-corrected chi connectivity index (χ2v) is 5.42. The Bertz CT molecular complexity index is 347. The second-order valence-electron chi connectivity index (χ2n) is 5.42. The van der Waals surface area contributed by atoms with Gasteiger partial charge in [-0.2, -0.15) is 0 Å². The minimum Gasteiger partial charge on any atom is -0.491 e. The van der Waals surface area contributed by atoms with Gasteiger partial charge >= 0.3 is 0 Å². The van der Waals surface area contributed by atoms with Crippen LogP contribution >= 0.6 is 0 Å². The van der Waals surface area contributed by atoms with Crippen molar-refractivity contribution in [3.05, 3.63) is 29.8 Å². The van der Waals surface area contributed by atoms with Crippen molar-refractivity contribution in [1.82, 2.24) is 0 Å². The Hall–Kier alpha value is -1.02. The summed E-state index contributed by atoms with van der Waals surface area (Å²) in [5, 5.41) is 10.3. The molecule has 108 valence electrons. The van der Waals surface area contributed by atoms with Gasteiger partial charge in [0.05, 0.1) is 12.2 Å². The van der Waals surface area contributed by atoms with Crippen molar-refractivity contribution < 1.29 is 9.84 Å². The van der Waals surface area contributed by atoms with Gasteiger partial charge in [-0.3, -0.25) is 0 Å². The summed E-state index contributed by atoms with van der Waals surface area (Å²) in [6, 6.07) is 7.82. The first-order valence-corrected chi connectivity index (χ1v) is 7.58. The van der Waals surface area contributed by atoms with Crippen LogP contribution in [0.2, 0.25) is 0 Å². The summed E-state index contributed by atoms with van der Waals surface area (Å²) in [6.07, 6.45) is 6.66. The Morgan fingerprint density at radius 3 is 2.42 bits per heavy atom. The first-order chi connectivity index (χ1) is 9.15. The van der Waals surface area contributed by atoms with Crippen LogP contribution < -0.4 is 4.74 Å². The van der Waals surface area contributed by atoms with Gasteiger partial charge in [-0.1, -0.05) is 57.2 Å². The Morgan fingerprint density at radius 2 is 1.74 bits per heavy atom. The van der Waals surface area contributed by atoms with Crippen LogP contribution in [-0.4, -0.2) is 11.2 Å². The van der Waals surface area contributed by atoms with Crippen molar-refractivity contribution in [3.63, 3.8) is 0 Å². The van der Waals surface area contributed by atoms with Crippen LogP contribution in [-0.2, 0) is 0 Å². The molecular formula is C17H28O2. The maximum Gasteiger partial charge on any atom is 0.125 e. The normalized spacial score (nSPS) is 12.7. The lowest BCUT2D eigenvalue weighted by Crippen LogP contribution is -2.09. The number of aliphatic hydroxyl groups excluding tert-OH is 1. The van der Waals surface area contributed by atoms with Gasteiger partial charge < -0.3 is 9.84 Å². The van der Waals surface area contributed by atoms with Crippen molar-refractivity contribution in [1.29, 1.82) is 0 Å². The Balaban J connectivity index is 2.48. The molecule has 0 aromatic heterocycles. The molecule has 0 aliphatic rings. The molecule has 0 amide bonds. The van der Waals surface area contributed by atoms with E-state index in [1.54, 1.807) is 0 Å². The van der Waals surface area contributed by atoms with E-state index >= 15 is 0 Å². The van der Waals surface area contributed by atoms with Gasteiger partial charge in [0.2, 0.25) is 0 Å². The number of benzene rings is 1. The Kier molecular flexibility index (Phi) is 7.57. The summed E-state index contributed by atoms with van der Waals surface area (Å²) in [7, 11) is 0. The molecule has 1 rings (SSSR count). The molecule has 0 heterocycles. The van der Waals surface area contributed by atoms with E-state index in [4.69, 9.17) is 4.74 Å². The molecule has 1 unspecified atom stereocenters. The maximum absolute atomic E-state index is 10.3. The van der Waals surface area contributed by atoms with E-state index in [9.17, 15) is 5.11 Å². The quantitative estimate of drug-likeness (QED) is 0.645. The third-order valence-corrected chi connectivity index (χ3v) is 3.22. The molecule has 1 N–H and O–H groups in total. The van der Waals surface area contributed by atoms with Crippen molar-refractivity contribution >= 4 is 0 Å². The highest BCUT2D eigenvalue weighted by Gasteiger charge is 2.13. The molecular weight excluding hydrogens is 236 g/mol. The highest BCUT2D eigenvalue weighted by Crippen LogP contribution is 2.29. The second kappa shape index (κ2) is 8.98. The van der Waals surface area contributed by atoms with Crippen LogP contribution in [0.5, 0.6) is 5.75 Å². The zero-order chi connectivity index (χ0) is 14.1. The minimum atomic E-state index is -0.406. The molecule has 1 aromatic carbocycles. The summed E-state index contributed by atoms with van der Waals surface area (Å²) < 4.78 is 5.75. The molecule has 0 fully saturated rings. The van der Waals surface area contributed by atoms with Crippen LogP contribution in [0.3, 0.4) is 0 Å². The van der Waals surface area contributed by atoms with Crippen LogP contribution in [0.25, 0.3) is 0 Å². The molecule has 0 radical (unpaired) electrons. The third kappa shape index (κ3) is 6.11. The van der Waals surface area contributed by atoms with Gasteiger partial charge in [0, 0.05) is 5.56 Å². The molecule has 2 nitrogen and oxygen atoms in total. The number of unbranched alkanes of at least 4 members (excludes halogenated alkanes) is 4. The fourth-order valence-electron chi connectivity index (χ4n) is 2.21. The lowest BCUT2D eigenvalue weighted by molar-refractivity contribution is 0.153. The minimum absolute atomic E-state index is 0.137. The van der Waals surface area contributed by atoms with E-state index in [0.29, 0.717) is 0 Å². The molecule has 1 atom stereocenters. The number of hydrogen-bond acceptors (Lipinski definition) is 2. The first kappa shape index (κ1) is 16.0. The molecule has 0 saturated carbocycles. The van der Waals surface area contributed by atoms with Gasteiger partial charge in [0.15, 0.2) is 0 Å². The Morgan fingerprint density at radius 1 is 1.05 bits per heavy atom. The molecule has 1 aromatic rings. The van der Waals surface area contributed by atoms with Gasteiger partial charge in [0.1, 0.15) is 5.75 Å². The highest BCUT2D eigenvalue weighted by molar-refractivity contribution is 5.35. The zero-order valence-corrected chi connectivity index (χ0v) is 12.6. The predicted octanol–water partition coefficient (Wildman–Crippen LogP) is 4.87. The van der Waals surface area contributed by atoms with Crippen LogP contribution in [0.1, 0.15) is 71.0 Å². The summed E-state index contributed by atoms with van der Waals surface area (Å²) in [5.74, 6) is 0.818. The largest absolute Gasteiger partial charge is 0.491 e. The number of ether oxygens (including phenoxy) is 1. The standard InChI is InChI=1S/C17H28O2/c1-4-5-6-7-8-12-16(18)15-11-9-10-13-17(15)19-14(2)3/h9-11,13-14,16,18H,4-8,12H2,1-3H3. The lowest BCUT2D eigenvalue weighted by atomic mass is 10.0. The summed E-state index contributed by atoms with van der Waals surface area (Å²) in [6.45, 7) is 6.23. The smallest absolute Gasteiger partial charge is 0.125 e. The predicted molar refractivity (Wildman–Crippen MR) is 80.5 cm³/mol. The molecule has 0 saturated heterocycles. The van der Waals surface area contributed by atoms with E-state index in [-0.39, 0.29) is 6.10 Å². The average molecular weight is 264 g/mol. The van der Waals surface area contributed by atoms with Crippen LogP contribution in [0, 0.1) is 0 Å². The molecule has 0 aliphatic carbocycles. The number of rotatable bonds is 9. The van der Waals surface area contributed by atoms with Crippen molar-refractivity contribution in [2.75, 3.05) is 0 Å². The van der Waals surface area contributed by atoms with E-state index in [1.165, 1.54) is 25.7 Å². The van der Waals surface area contributed by atoms with Gasteiger partial charge in [-0.05, 0) is 26.3 Å². The van der Waals surface area contributed by atoms with Crippen molar-refractivity contribution in [2.45, 2.75) is 71.5 Å². The molecule has 0 aliphatic heterocycles. The van der Waals surface area contributed by atoms with Gasteiger partial charge in [-0.15, -0.1) is 0 Å². The van der Waals surface area contributed by atoms with Crippen molar-refractivity contribution in [3.8, 4) is 5.75 Å². The average Bonchev–Trinajstić information content (AvgIpc) is 2.38. The molecule has 19 heavy (non-hydrogen) atoms. The maximum atomic E-state index is 10.3. The summed E-state index contributed by atoms with van der Waals surface area (Å²) in [5.41, 5.74) is 0.923. The first-order valence-electron chi connectivity index (χ1n) is 7.58. The fraction of sp³-hybridized carbons (Fsp3) is 0.647. The Labute approximate surface area is 117 Å². The monoisotopic (exact) mass is 264 g/mol. The van der Waals surface area contributed by atoms with Gasteiger partial charge in [-0.25, -0.2) is 0 Å². The van der Waals surface area contributed by atoms with E-state index in [0.717, 1.165) is 24.2 Å². The SMILES string of the molecule is CCCCCCCC(O)c1ccccc1OC(C)C. The van der Waals surface area contributed by atoms with Crippen molar-refractivity contribution in [2.24, 2.45) is 0 Å². The highest BCUT2D eigenvalue weighted by atomic mass is 16.5. The fourth-order valence-corrected chi connectivity index (χ4v) is 2.21. The zero-order valence-electron chi connectivity index (χ0n) is 12.6. The van der Waals surface area contributed by atoms with E-state index in [1.807, 2.05) is 38.1 Å².